The molecule has 4 heteroatoms. The summed E-state index contributed by atoms with van der Waals surface area (Å²) in [5.41, 5.74) is 0. The lowest BCUT2D eigenvalue weighted by Crippen LogP contribution is -2.18. The SMILES string of the molecule is CCCCCCCC/C=C\CCCCCCCC(=O)OC(CCCCCCCCC)CCCCCCCCCCCCCC(=O)O. The number of hydrogen-bond donors (Lipinski definition) is 1. The van der Waals surface area contributed by atoms with E-state index in [1.54, 1.807) is 0 Å². The first-order valence-corrected chi connectivity index (χ1v) is 20.7. The van der Waals surface area contributed by atoms with Crippen molar-refractivity contribution in [2.45, 2.75) is 245 Å². The van der Waals surface area contributed by atoms with Crippen LogP contribution < -0.4 is 0 Å². The molecule has 0 radical (unpaired) electrons. The Morgan fingerprint density at radius 2 is 0.783 bits per heavy atom. The normalized spacial score (nSPS) is 12.2. The summed E-state index contributed by atoms with van der Waals surface area (Å²) in [7, 11) is 0. The van der Waals surface area contributed by atoms with Gasteiger partial charge < -0.3 is 9.84 Å². The highest BCUT2D eigenvalue weighted by Crippen LogP contribution is 2.19. The number of unbranched alkanes of at least 4 members (excludes halogenated alkanes) is 27. The molecule has 0 heterocycles. The second-order valence-corrected chi connectivity index (χ2v) is 14.2. The number of hydrogen-bond acceptors (Lipinski definition) is 3. The lowest BCUT2D eigenvalue weighted by atomic mass is 10.0. The van der Waals surface area contributed by atoms with Crippen molar-refractivity contribution in [3.8, 4) is 0 Å². The predicted octanol–water partition coefficient (Wildman–Crippen LogP) is 14.2. The highest BCUT2D eigenvalue weighted by molar-refractivity contribution is 5.69. The lowest BCUT2D eigenvalue weighted by Gasteiger charge is -2.18. The Morgan fingerprint density at radius 1 is 0.457 bits per heavy atom. The molecule has 1 unspecified atom stereocenters. The van der Waals surface area contributed by atoms with Gasteiger partial charge in [0, 0.05) is 12.8 Å². The summed E-state index contributed by atoms with van der Waals surface area (Å²) in [6.45, 7) is 4.55. The van der Waals surface area contributed by atoms with Gasteiger partial charge in [-0.2, -0.15) is 0 Å². The van der Waals surface area contributed by atoms with E-state index in [-0.39, 0.29) is 12.1 Å². The van der Waals surface area contributed by atoms with E-state index in [2.05, 4.69) is 26.0 Å². The van der Waals surface area contributed by atoms with Gasteiger partial charge in [0.1, 0.15) is 6.10 Å². The lowest BCUT2D eigenvalue weighted by molar-refractivity contribution is -0.150. The summed E-state index contributed by atoms with van der Waals surface area (Å²) >= 11 is 0. The first-order chi connectivity index (χ1) is 22.6. The third kappa shape index (κ3) is 37.1. The van der Waals surface area contributed by atoms with Crippen LogP contribution >= 0.6 is 0 Å². The number of carbonyl (C=O) groups is 2. The fraction of sp³-hybridized carbons (Fsp3) is 0.905. The molecule has 0 fully saturated rings. The molecule has 272 valence electrons. The number of allylic oxidation sites excluding steroid dienone is 2. The van der Waals surface area contributed by atoms with Gasteiger partial charge in [-0.15, -0.1) is 0 Å². The van der Waals surface area contributed by atoms with E-state index in [4.69, 9.17) is 9.84 Å². The summed E-state index contributed by atoms with van der Waals surface area (Å²) in [4.78, 5) is 23.3. The van der Waals surface area contributed by atoms with E-state index < -0.39 is 5.97 Å². The second kappa shape index (κ2) is 38.1. The van der Waals surface area contributed by atoms with Crippen LogP contribution in [0.3, 0.4) is 0 Å². The number of aliphatic carboxylic acids is 1. The molecule has 46 heavy (non-hydrogen) atoms. The molecule has 0 saturated carbocycles. The van der Waals surface area contributed by atoms with E-state index >= 15 is 0 Å². The largest absolute Gasteiger partial charge is 0.481 e. The molecule has 0 saturated heterocycles. The summed E-state index contributed by atoms with van der Waals surface area (Å²) in [5.74, 6) is -0.635. The average molecular weight is 649 g/mol. The van der Waals surface area contributed by atoms with E-state index in [1.807, 2.05) is 0 Å². The second-order valence-electron chi connectivity index (χ2n) is 14.2. The Hall–Kier alpha value is -1.32. The van der Waals surface area contributed by atoms with E-state index in [1.165, 1.54) is 173 Å². The van der Waals surface area contributed by atoms with Gasteiger partial charge in [-0.1, -0.05) is 174 Å². The van der Waals surface area contributed by atoms with Crippen LogP contribution in [-0.4, -0.2) is 23.1 Å². The van der Waals surface area contributed by atoms with Crippen LogP contribution in [0.1, 0.15) is 239 Å². The van der Waals surface area contributed by atoms with Gasteiger partial charge in [0.15, 0.2) is 0 Å². The number of ether oxygens (including phenoxy) is 1. The molecule has 0 aromatic carbocycles. The maximum atomic E-state index is 12.7. The maximum Gasteiger partial charge on any atom is 0.306 e. The first kappa shape index (κ1) is 44.7. The van der Waals surface area contributed by atoms with Gasteiger partial charge in [0.2, 0.25) is 0 Å². The van der Waals surface area contributed by atoms with Gasteiger partial charge in [0.05, 0.1) is 0 Å². The quantitative estimate of drug-likeness (QED) is 0.0411. The Bertz CT molecular complexity index is 658. The minimum Gasteiger partial charge on any atom is -0.481 e. The van der Waals surface area contributed by atoms with Crippen LogP contribution in [0, 0.1) is 0 Å². The molecule has 0 aromatic heterocycles. The minimum atomic E-state index is -0.670. The van der Waals surface area contributed by atoms with Crippen molar-refractivity contribution >= 4 is 11.9 Å². The smallest absolute Gasteiger partial charge is 0.306 e. The van der Waals surface area contributed by atoms with Crippen molar-refractivity contribution in [3.63, 3.8) is 0 Å². The fourth-order valence-corrected chi connectivity index (χ4v) is 6.42. The topological polar surface area (TPSA) is 63.6 Å². The molecule has 4 nitrogen and oxygen atoms in total. The summed E-state index contributed by atoms with van der Waals surface area (Å²) < 4.78 is 6.05. The summed E-state index contributed by atoms with van der Waals surface area (Å²) in [6.07, 6.45) is 46.7. The number of rotatable bonds is 38. The zero-order valence-corrected chi connectivity index (χ0v) is 31.2. The van der Waals surface area contributed by atoms with Crippen molar-refractivity contribution in [2.24, 2.45) is 0 Å². The molecule has 0 bridgehead atoms. The summed E-state index contributed by atoms with van der Waals surface area (Å²) in [5, 5.41) is 8.71. The third-order valence-corrected chi connectivity index (χ3v) is 9.49. The molecular weight excluding hydrogens is 568 g/mol. The van der Waals surface area contributed by atoms with Gasteiger partial charge >= 0.3 is 11.9 Å². The van der Waals surface area contributed by atoms with E-state index in [0.717, 1.165) is 38.5 Å². The molecule has 0 aromatic rings. The van der Waals surface area contributed by atoms with Crippen LogP contribution in [0.25, 0.3) is 0 Å². The third-order valence-electron chi connectivity index (χ3n) is 9.49. The van der Waals surface area contributed by atoms with Crippen LogP contribution in [0.5, 0.6) is 0 Å². The van der Waals surface area contributed by atoms with Crippen LogP contribution in [0.2, 0.25) is 0 Å². The number of carbonyl (C=O) groups excluding carboxylic acids is 1. The minimum absolute atomic E-state index is 0.0357. The average Bonchev–Trinajstić information content (AvgIpc) is 3.04. The molecular formula is C42H80O4. The van der Waals surface area contributed by atoms with Gasteiger partial charge in [0.25, 0.3) is 0 Å². The van der Waals surface area contributed by atoms with Crippen molar-refractivity contribution in [3.05, 3.63) is 12.2 Å². The van der Waals surface area contributed by atoms with Crippen LogP contribution in [0.15, 0.2) is 12.2 Å². The van der Waals surface area contributed by atoms with Crippen molar-refractivity contribution in [1.29, 1.82) is 0 Å². The molecule has 1 atom stereocenters. The van der Waals surface area contributed by atoms with Crippen molar-refractivity contribution in [1.82, 2.24) is 0 Å². The predicted molar refractivity (Wildman–Crippen MR) is 200 cm³/mol. The first-order valence-electron chi connectivity index (χ1n) is 20.7. The monoisotopic (exact) mass is 649 g/mol. The Kier molecular flexibility index (Phi) is 37.0. The van der Waals surface area contributed by atoms with Gasteiger partial charge in [-0.25, -0.2) is 0 Å². The summed E-state index contributed by atoms with van der Waals surface area (Å²) in [6, 6.07) is 0. The Labute approximate surface area is 287 Å². The number of carboxylic acids is 1. The zero-order valence-electron chi connectivity index (χ0n) is 31.2. The molecule has 0 rings (SSSR count). The maximum absolute atomic E-state index is 12.7. The highest BCUT2D eigenvalue weighted by Gasteiger charge is 2.14. The Balaban J connectivity index is 3.97. The molecule has 0 spiro atoms. The van der Waals surface area contributed by atoms with Crippen molar-refractivity contribution < 1.29 is 19.4 Å². The fourth-order valence-electron chi connectivity index (χ4n) is 6.42. The zero-order chi connectivity index (χ0) is 33.6. The van der Waals surface area contributed by atoms with Gasteiger partial charge in [-0.05, 0) is 64.2 Å². The van der Waals surface area contributed by atoms with Crippen LogP contribution in [0.4, 0.5) is 0 Å². The van der Waals surface area contributed by atoms with Gasteiger partial charge in [-0.3, -0.25) is 9.59 Å². The molecule has 0 aliphatic carbocycles. The molecule has 0 amide bonds. The Morgan fingerprint density at radius 3 is 1.17 bits per heavy atom. The van der Waals surface area contributed by atoms with E-state index in [0.29, 0.717) is 12.8 Å². The van der Waals surface area contributed by atoms with E-state index in [9.17, 15) is 9.59 Å². The molecule has 1 N–H and O–H groups in total. The number of esters is 1. The van der Waals surface area contributed by atoms with Crippen molar-refractivity contribution in [2.75, 3.05) is 0 Å². The molecule has 0 aliphatic rings. The molecule has 0 aliphatic heterocycles. The standard InChI is InChI=1S/C42H80O4/c1-3-5-7-9-11-12-13-14-15-16-20-23-27-31-35-39-42(45)46-40(36-32-28-24-10-8-6-4-2)37-33-29-25-21-18-17-19-22-26-30-34-38-41(43)44/h14-15,40H,3-13,16-39H2,1-2H3,(H,43,44)/b15-14-. The highest BCUT2D eigenvalue weighted by atomic mass is 16.5. The number of carboxylic acid groups (broad SMARTS) is 1. The van der Waals surface area contributed by atoms with Crippen LogP contribution in [-0.2, 0) is 14.3 Å².